The first-order valence-electron chi connectivity index (χ1n) is 9.54. The number of benzene rings is 1. The molecule has 0 atom stereocenters. The van der Waals surface area contributed by atoms with Crippen molar-refractivity contribution in [2.24, 2.45) is 4.99 Å². The molecule has 2 rings (SSSR count). The Kier molecular flexibility index (Phi) is 10.0. The summed E-state index contributed by atoms with van der Waals surface area (Å²) in [5.74, 6) is 0.662. The quantitative estimate of drug-likeness (QED) is 0.299. The first-order valence-corrected chi connectivity index (χ1v) is 10.4. The molecular weight excluding hydrogens is 497 g/mol. The summed E-state index contributed by atoms with van der Waals surface area (Å²) in [6.45, 7) is 14.0. The van der Waals surface area contributed by atoms with Crippen LogP contribution in [0.1, 0.15) is 59.2 Å². The molecule has 0 aliphatic heterocycles. The lowest BCUT2D eigenvalue weighted by Gasteiger charge is -2.20. The Morgan fingerprint density at radius 3 is 2.52 bits per heavy atom. The Morgan fingerprint density at radius 1 is 1.21 bits per heavy atom. The van der Waals surface area contributed by atoms with Crippen LogP contribution in [0.25, 0.3) is 0 Å². The van der Waals surface area contributed by atoms with Gasteiger partial charge < -0.3 is 16.0 Å². The maximum Gasteiger partial charge on any atom is 0.251 e. The van der Waals surface area contributed by atoms with Crippen LogP contribution in [0, 0.1) is 13.8 Å². The smallest absolute Gasteiger partial charge is 0.251 e. The minimum Gasteiger partial charge on any atom is -0.357 e. The van der Waals surface area contributed by atoms with Crippen molar-refractivity contribution in [3.8, 4) is 0 Å². The lowest BCUT2D eigenvalue weighted by Crippen LogP contribution is -2.40. The zero-order valence-corrected chi connectivity index (χ0v) is 21.2. The maximum atomic E-state index is 12.4. The standard InChI is InChI=1S/C21H31N5OS.HI/c1-7-22-20(24-13-18-25-14(2)15(3)28-18)23-12-16-9-8-10-17(11-16)19(27)26-21(4,5)6;/h8-11H,7,12-13H2,1-6H3,(H,26,27)(H2,22,23,24);1H. The monoisotopic (exact) mass is 529 g/mol. The summed E-state index contributed by atoms with van der Waals surface area (Å²) in [4.78, 5) is 22.8. The molecule has 0 fully saturated rings. The number of hydrogen-bond donors (Lipinski definition) is 3. The second kappa shape index (κ2) is 11.5. The summed E-state index contributed by atoms with van der Waals surface area (Å²) < 4.78 is 0. The van der Waals surface area contributed by atoms with Crippen molar-refractivity contribution < 1.29 is 4.79 Å². The molecule has 3 N–H and O–H groups in total. The summed E-state index contributed by atoms with van der Waals surface area (Å²) in [5, 5.41) is 10.6. The van der Waals surface area contributed by atoms with Gasteiger partial charge in [-0.2, -0.15) is 0 Å². The van der Waals surface area contributed by atoms with Crippen LogP contribution in [0.15, 0.2) is 29.3 Å². The van der Waals surface area contributed by atoms with Gasteiger partial charge in [0, 0.05) is 22.5 Å². The summed E-state index contributed by atoms with van der Waals surface area (Å²) >= 11 is 1.70. The van der Waals surface area contributed by atoms with Crippen LogP contribution in [-0.4, -0.2) is 28.9 Å². The van der Waals surface area contributed by atoms with E-state index >= 15 is 0 Å². The molecule has 160 valence electrons. The van der Waals surface area contributed by atoms with Gasteiger partial charge in [0.2, 0.25) is 0 Å². The molecule has 0 radical (unpaired) electrons. The predicted molar refractivity (Wildman–Crippen MR) is 132 cm³/mol. The lowest BCUT2D eigenvalue weighted by atomic mass is 10.1. The van der Waals surface area contributed by atoms with E-state index in [2.05, 4.69) is 32.9 Å². The van der Waals surface area contributed by atoms with Gasteiger partial charge in [0.15, 0.2) is 5.96 Å². The van der Waals surface area contributed by atoms with E-state index < -0.39 is 0 Å². The molecule has 29 heavy (non-hydrogen) atoms. The fourth-order valence-corrected chi connectivity index (χ4v) is 3.38. The van der Waals surface area contributed by atoms with Gasteiger partial charge in [-0.05, 0) is 59.2 Å². The van der Waals surface area contributed by atoms with Gasteiger partial charge in [0.05, 0.1) is 18.8 Å². The number of hydrogen-bond acceptors (Lipinski definition) is 4. The van der Waals surface area contributed by atoms with Crippen molar-refractivity contribution in [1.29, 1.82) is 0 Å². The highest BCUT2D eigenvalue weighted by Gasteiger charge is 2.15. The van der Waals surface area contributed by atoms with Gasteiger partial charge in [-0.15, -0.1) is 35.3 Å². The number of rotatable bonds is 6. The number of guanidine groups is 1. The second-order valence-corrected chi connectivity index (χ2v) is 8.99. The van der Waals surface area contributed by atoms with Gasteiger partial charge in [-0.25, -0.2) is 9.98 Å². The Labute approximate surface area is 195 Å². The first kappa shape index (κ1) is 25.4. The molecule has 0 spiro atoms. The minimum absolute atomic E-state index is 0. The molecule has 1 amide bonds. The first-order chi connectivity index (χ1) is 13.2. The Bertz CT molecular complexity index is 822. The molecule has 1 heterocycles. The van der Waals surface area contributed by atoms with Gasteiger partial charge in [-0.3, -0.25) is 4.79 Å². The Morgan fingerprint density at radius 2 is 1.93 bits per heavy atom. The van der Waals surface area contributed by atoms with Gasteiger partial charge in [0.25, 0.3) is 5.91 Å². The number of aromatic nitrogens is 1. The van der Waals surface area contributed by atoms with Gasteiger partial charge in [0.1, 0.15) is 5.01 Å². The number of aliphatic imine (C=N–C) groups is 1. The number of nitrogens with one attached hydrogen (secondary N) is 3. The second-order valence-electron chi connectivity index (χ2n) is 7.70. The van der Waals surface area contributed by atoms with Crippen LogP contribution in [0.2, 0.25) is 0 Å². The summed E-state index contributed by atoms with van der Waals surface area (Å²) in [6, 6.07) is 7.59. The molecule has 1 aromatic heterocycles. The number of thiazole rings is 1. The summed E-state index contributed by atoms with van der Waals surface area (Å²) in [5.41, 5.74) is 2.45. The highest BCUT2D eigenvalue weighted by Crippen LogP contribution is 2.16. The van der Waals surface area contributed by atoms with Crippen LogP contribution in [0.3, 0.4) is 0 Å². The lowest BCUT2D eigenvalue weighted by molar-refractivity contribution is 0.0919. The van der Waals surface area contributed by atoms with E-state index in [0.717, 1.165) is 28.8 Å². The third-order valence-corrected chi connectivity index (χ3v) is 4.99. The third-order valence-electron chi connectivity index (χ3n) is 3.92. The Balaban J connectivity index is 0.00000420. The molecule has 0 unspecified atom stereocenters. The normalized spacial score (nSPS) is 11.6. The van der Waals surface area contributed by atoms with Crippen molar-refractivity contribution in [3.63, 3.8) is 0 Å². The van der Waals surface area contributed by atoms with Crippen molar-refractivity contribution >= 4 is 47.2 Å². The van der Waals surface area contributed by atoms with Crippen LogP contribution in [-0.2, 0) is 13.1 Å². The fourth-order valence-electron chi connectivity index (χ4n) is 2.51. The highest BCUT2D eigenvalue weighted by molar-refractivity contribution is 14.0. The largest absolute Gasteiger partial charge is 0.357 e. The van der Waals surface area contributed by atoms with E-state index in [1.54, 1.807) is 11.3 Å². The van der Waals surface area contributed by atoms with Crippen LogP contribution >= 0.6 is 35.3 Å². The van der Waals surface area contributed by atoms with E-state index in [-0.39, 0.29) is 35.4 Å². The molecule has 0 aliphatic carbocycles. The number of carbonyl (C=O) groups is 1. The molecule has 6 nitrogen and oxygen atoms in total. The SMILES string of the molecule is CCNC(=NCc1cccc(C(=O)NC(C)(C)C)c1)NCc1nc(C)c(C)s1.I. The minimum atomic E-state index is -0.264. The third kappa shape index (κ3) is 8.69. The van der Waals surface area contributed by atoms with Crippen molar-refractivity contribution in [1.82, 2.24) is 20.9 Å². The molecule has 8 heteroatoms. The molecule has 2 aromatic rings. The number of nitrogens with zero attached hydrogens (tertiary/aromatic N) is 2. The number of halogens is 1. The van der Waals surface area contributed by atoms with E-state index in [4.69, 9.17) is 0 Å². The van der Waals surface area contributed by atoms with Crippen molar-refractivity contribution in [3.05, 3.63) is 51.0 Å². The average Bonchev–Trinajstić information content (AvgIpc) is 2.94. The summed E-state index contributed by atoms with van der Waals surface area (Å²) in [6.07, 6.45) is 0. The fraction of sp³-hybridized carbons (Fsp3) is 0.476. The van der Waals surface area contributed by atoms with Crippen molar-refractivity contribution in [2.75, 3.05) is 6.54 Å². The van der Waals surface area contributed by atoms with Gasteiger partial charge >= 0.3 is 0 Å². The molecule has 1 aromatic carbocycles. The predicted octanol–water partition coefficient (Wildman–Crippen LogP) is 4.16. The maximum absolute atomic E-state index is 12.4. The molecule has 0 bridgehead atoms. The van der Waals surface area contributed by atoms with Crippen molar-refractivity contribution in [2.45, 2.75) is 60.2 Å². The number of amides is 1. The number of carbonyl (C=O) groups excluding carboxylic acids is 1. The van der Waals surface area contributed by atoms with Crippen LogP contribution < -0.4 is 16.0 Å². The van der Waals surface area contributed by atoms with Crippen LogP contribution in [0.4, 0.5) is 0 Å². The molecule has 0 saturated heterocycles. The number of aryl methyl sites for hydroxylation is 2. The molecular formula is C21H32IN5OS. The van der Waals surface area contributed by atoms with Gasteiger partial charge in [-0.1, -0.05) is 12.1 Å². The van der Waals surface area contributed by atoms with E-state index in [1.807, 2.05) is 58.9 Å². The molecule has 0 saturated carbocycles. The van der Waals surface area contributed by atoms with E-state index in [1.165, 1.54) is 4.88 Å². The zero-order valence-electron chi connectivity index (χ0n) is 18.0. The van der Waals surface area contributed by atoms with E-state index in [0.29, 0.717) is 18.7 Å². The highest BCUT2D eigenvalue weighted by atomic mass is 127. The average molecular weight is 529 g/mol. The molecule has 0 aliphatic rings. The van der Waals surface area contributed by atoms with E-state index in [9.17, 15) is 4.79 Å². The Hall–Kier alpha value is -1.68. The zero-order chi connectivity index (χ0) is 20.7. The van der Waals surface area contributed by atoms with Crippen LogP contribution in [0.5, 0.6) is 0 Å². The topological polar surface area (TPSA) is 78.4 Å². The summed E-state index contributed by atoms with van der Waals surface area (Å²) in [7, 11) is 0.